The molecule has 1 N–H and O–H groups in total. The molecule has 0 saturated heterocycles. The number of carbonyl (C=O) groups is 1. The van der Waals surface area contributed by atoms with Crippen molar-refractivity contribution in [1.29, 1.82) is 0 Å². The molecule has 5 nitrogen and oxygen atoms in total. The Kier molecular flexibility index (Phi) is 3.67. The van der Waals surface area contributed by atoms with Crippen molar-refractivity contribution in [3.8, 4) is 11.3 Å². The van der Waals surface area contributed by atoms with E-state index in [0.717, 1.165) is 22.3 Å². The van der Waals surface area contributed by atoms with Crippen molar-refractivity contribution < 1.29 is 13.9 Å². The Bertz CT molecular complexity index is 1020. The highest BCUT2D eigenvalue weighted by Crippen LogP contribution is 2.28. The molecule has 5 heteroatoms. The molecule has 0 atom stereocenters. The average molecular weight is 330 g/mol. The number of hydrogen-bond donors (Lipinski definition) is 1. The van der Waals surface area contributed by atoms with Crippen LogP contribution in [0.25, 0.3) is 22.3 Å². The van der Waals surface area contributed by atoms with Crippen molar-refractivity contribution in [2.75, 3.05) is 5.32 Å². The maximum Gasteiger partial charge on any atom is 0.321 e. The molecule has 0 saturated carbocycles. The lowest BCUT2D eigenvalue weighted by Crippen LogP contribution is -2.36. The van der Waals surface area contributed by atoms with E-state index >= 15 is 0 Å². The molecule has 1 amide bonds. The van der Waals surface area contributed by atoms with Crippen LogP contribution in [0.3, 0.4) is 0 Å². The SMILES string of the molecule is O=C(Nc1ccc(-c2cc3ccccc3o2)cc1)c1cccc[n+]1[O-]. The molecule has 0 fully saturated rings. The van der Waals surface area contributed by atoms with Gasteiger partial charge in [0, 0.05) is 28.8 Å². The van der Waals surface area contributed by atoms with Gasteiger partial charge in [0.05, 0.1) is 0 Å². The Morgan fingerprint density at radius 2 is 1.72 bits per heavy atom. The molecule has 0 spiro atoms. The first-order valence-electron chi connectivity index (χ1n) is 7.79. The second-order valence-corrected chi connectivity index (χ2v) is 5.59. The number of benzene rings is 2. The lowest BCUT2D eigenvalue weighted by atomic mass is 10.1. The van der Waals surface area contributed by atoms with Gasteiger partial charge in [-0.2, -0.15) is 4.73 Å². The lowest BCUT2D eigenvalue weighted by molar-refractivity contribution is -0.607. The third-order valence-corrected chi connectivity index (χ3v) is 3.91. The van der Waals surface area contributed by atoms with E-state index < -0.39 is 5.91 Å². The van der Waals surface area contributed by atoms with Gasteiger partial charge in [0.2, 0.25) is 0 Å². The van der Waals surface area contributed by atoms with E-state index in [2.05, 4.69) is 5.32 Å². The van der Waals surface area contributed by atoms with Gasteiger partial charge in [-0.25, -0.2) is 0 Å². The lowest BCUT2D eigenvalue weighted by Gasteiger charge is -2.06. The van der Waals surface area contributed by atoms with Crippen molar-refractivity contribution in [2.45, 2.75) is 0 Å². The van der Waals surface area contributed by atoms with Crippen LogP contribution in [0.15, 0.2) is 83.4 Å². The van der Waals surface area contributed by atoms with E-state index in [1.54, 1.807) is 24.3 Å². The first-order valence-corrected chi connectivity index (χ1v) is 7.79. The minimum atomic E-state index is -0.452. The van der Waals surface area contributed by atoms with Crippen LogP contribution in [-0.2, 0) is 0 Å². The third-order valence-electron chi connectivity index (χ3n) is 3.91. The zero-order chi connectivity index (χ0) is 17.2. The van der Waals surface area contributed by atoms with E-state index in [0.29, 0.717) is 10.4 Å². The molecule has 0 aliphatic carbocycles. The van der Waals surface area contributed by atoms with Crippen LogP contribution in [-0.4, -0.2) is 5.91 Å². The summed E-state index contributed by atoms with van der Waals surface area (Å²) in [6, 6.07) is 21.8. The Morgan fingerprint density at radius 3 is 2.48 bits per heavy atom. The standard InChI is InChI=1S/C20H14N2O3/c23-20(17-6-3-4-12-22(17)24)21-16-10-8-14(9-11-16)19-13-15-5-1-2-7-18(15)25-19/h1-13H,(H,21,23). The van der Waals surface area contributed by atoms with Crippen LogP contribution < -0.4 is 10.0 Å². The summed E-state index contributed by atoms with van der Waals surface area (Å²) < 4.78 is 6.37. The monoisotopic (exact) mass is 330 g/mol. The quantitative estimate of drug-likeness (QED) is 0.456. The number of hydrogen-bond acceptors (Lipinski definition) is 3. The van der Waals surface area contributed by atoms with Crippen molar-refractivity contribution in [3.63, 3.8) is 0 Å². The molecule has 0 unspecified atom stereocenters. The molecule has 2 aromatic carbocycles. The van der Waals surface area contributed by atoms with E-state index in [-0.39, 0.29) is 5.69 Å². The second kappa shape index (κ2) is 6.13. The predicted octanol–water partition coefficient (Wildman–Crippen LogP) is 3.99. The summed E-state index contributed by atoms with van der Waals surface area (Å²) in [6.07, 6.45) is 1.29. The summed E-state index contributed by atoms with van der Waals surface area (Å²) in [5.74, 6) is 0.312. The number of anilines is 1. The number of rotatable bonds is 3. The van der Waals surface area contributed by atoms with Crippen molar-refractivity contribution in [2.24, 2.45) is 0 Å². The maximum atomic E-state index is 12.2. The fourth-order valence-electron chi connectivity index (χ4n) is 2.64. The number of aromatic nitrogens is 1. The summed E-state index contributed by atoms with van der Waals surface area (Å²) in [5.41, 5.74) is 2.39. The normalized spacial score (nSPS) is 10.7. The number of pyridine rings is 1. The highest BCUT2D eigenvalue weighted by Gasteiger charge is 2.15. The Labute approximate surface area is 143 Å². The molecule has 4 aromatic rings. The molecule has 2 aromatic heterocycles. The minimum absolute atomic E-state index is 0.0452. The van der Waals surface area contributed by atoms with Crippen LogP contribution in [0, 0.1) is 5.21 Å². The van der Waals surface area contributed by atoms with Crippen LogP contribution in [0.1, 0.15) is 10.5 Å². The van der Waals surface area contributed by atoms with Crippen LogP contribution >= 0.6 is 0 Å². The molecule has 4 rings (SSSR count). The Hall–Kier alpha value is -3.60. The fraction of sp³-hybridized carbons (Fsp3) is 0. The topological polar surface area (TPSA) is 69.2 Å². The Balaban J connectivity index is 1.56. The first kappa shape index (κ1) is 15.0. The van der Waals surface area contributed by atoms with Crippen molar-refractivity contribution in [1.82, 2.24) is 0 Å². The summed E-state index contributed by atoms with van der Waals surface area (Å²) >= 11 is 0. The zero-order valence-electron chi connectivity index (χ0n) is 13.2. The van der Waals surface area contributed by atoms with Gasteiger partial charge in [0.1, 0.15) is 11.3 Å². The molecule has 0 radical (unpaired) electrons. The van der Waals surface area contributed by atoms with Gasteiger partial charge >= 0.3 is 5.91 Å². The number of furan rings is 1. The number of fused-ring (bicyclic) bond motifs is 1. The van der Waals surface area contributed by atoms with Crippen LogP contribution in [0.2, 0.25) is 0 Å². The predicted molar refractivity (Wildman–Crippen MR) is 95.0 cm³/mol. The summed E-state index contributed by atoms with van der Waals surface area (Å²) in [4.78, 5) is 12.2. The molecule has 0 aliphatic rings. The number of nitrogens with one attached hydrogen (secondary N) is 1. The number of amides is 1. The smallest absolute Gasteiger partial charge is 0.321 e. The minimum Gasteiger partial charge on any atom is -0.618 e. The highest BCUT2D eigenvalue weighted by atomic mass is 16.5. The van der Waals surface area contributed by atoms with E-state index in [1.807, 2.05) is 42.5 Å². The van der Waals surface area contributed by atoms with Crippen LogP contribution in [0.5, 0.6) is 0 Å². The molecular weight excluding hydrogens is 316 g/mol. The number of para-hydroxylation sites is 1. The zero-order valence-corrected chi connectivity index (χ0v) is 13.2. The number of carbonyl (C=O) groups excluding carboxylic acids is 1. The molecule has 25 heavy (non-hydrogen) atoms. The van der Waals surface area contributed by atoms with Gasteiger partial charge in [0.15, 0.2) is 6.20 Å². The summed E-state index contributed by atoms with van der Waals surface area (Å²) in [5, 5.41) is 15.4. The van der Waals surface area contributed by atoms with E-state index in [4.69, 9.17) is 4.42 Å². The van der Waals surface area contributed by atoms with Crippen LogP contribution in [0.4, 0.5) is 5.69 Å². The largest absolute Gasteiger partial charge is 0.618 e. The molecule has 122 valence electrons. The van der Waals surface area contributed by atoms with E-state index in [1.165, 1.54) is 12.3 Å². The van der Waals surface area contributed by atoms with E-state index in [9.17, 15) is 10.0 Å². The summed E-state index contributed by atoms with van der Waals surface area (Å²) in [6.45, 7) is 0. The fourth-order valence-corrected chi connectivity index (χ4v) is 2.64. The van der Waals surface area contributed by atoms with Crippen molar-refractivity contribution >= 4 is 22.6 Å². The van der Waals surface area contributed by atoms with Gasteiger partial charge < -0.3 is 14.9 Å². The van der Waals surface area contributed by atoms with Gasteiger partial charge in [-0.1, -0.05) is 18.2 Å². The van der Waals surface area contributed by atoms with Gasteiger partial charge in [-0.3, -0.25) is 4.79 Å². The summed E-state index contributed by atoms with van der Waals surface area (Å²) in [7, 11) is 0. The van der Waals surface area contributed by atoms with Crippen molar-refractivity contribution in [3.05, 3.63) is 89.9 Å². The Morgan fingerprint density at radius 1 is 0.960 bits per heavy atom. The van der Waals surface area contributed by atoms with Gasteiger partial charge in [-0.15, -0.1) is 0 Å². The average Bonchev–Trinajstić information content (AvgIpc) is 3.07. The molecule has 2 heterocycles. The second-order valence-electron chi connectivity index (χ2n) is 5.59. The molecular formula is C20H14N2O3. The maximum absolute atomic E-state index is 12.2. The molecule has 0 aliphatic heterocycles. The van der Waals surface area contributed by atoms with Gasteiger partial charge in [0.25, 0.3) is 5.69 Å². The third kappa shape index (κ3) is 2.95. The van der Waals surface area contributed by atoms with Gasteiger partial charge in [-0.05, 0) is 42.5 Å². The number of nitrogens with zero attached hydrogens (tertiary/aromatic N) is 1. The first-order chi connectivity index (χ1) is 12.2. The molecule has 0 bridgehead atoms. The highest BCUT2D eigenvalue weighted by molar-refractivity contribution is 6.01.